The van der Waals surface area contributed by atoms with E-state index in [0.717, 1.165) is 17.5 Å². The molecule has 23 heavy (non-hydrogen) atoms. The van der Waals surface area contributed by atoms with Crippen LogP contribution in [0.1, 0.15) is 6.42 Å². The molecule has 0 saturated heterocycles. The van der Waals surface area contributed by atoms with Gasteiger partial charge in [-0.1, -0.05) is 70.5 Å². The van der Waals surface area contributed by atoms with Crippen molar-refractivity contribution in [3.63, 3.8) is 0 Å². The summed E-state index contributed by atoms with van der Waals surface area (Å²) in [4.78, 5) is 4.33. The largest absolute Gasteiger partial charge is 0.160 e. The molecule has 0 aliphatic heterocycles. The highest BCUT2D eigenvalue weighted by atomic mass is 79.9. The molecule has 0 saturated carbocycles. The van der Waals surface area contributed by atoms with Crippen molar-refractivity contribution in [2.45, 2.75) is 21.1 Å². The Labute approximate surface area is 149 Å². The van der Waals surface area contributed by atoms with Gasteiger partial charge in [0.1, 0.15) is 0 Å². The summed E-state index contributed by atoms with van der Waals surface area (Å²) < 4.78 is 0. The predicted molar refractivity (Wildman–Crippen MR) is 105 cm³/mol. The van der Waals surface area contributed by atoms with Crippen LogP contribution in [0.2, 0.25) is 0 Å². The molecule has 0 fully saturated rings. The molecule has 0 N–H and O–H groups in total. The molecule has 0 radical (unpaired) electrons. The Morgan fingerprint density at radius 1 is 0.565 bits per heavy atom. The zero-order chi connectivity index (χ0) is 16.0. The Kier molecular flexibility index (Phi) is 5.58. The summed E-state index contributed by atoms with van der Waals surface area (Å²) >= 11 is 3.63. The third kappa shape index (κ3) is 3.39. The molecular weight excluding hydrogens is 364 g/mol. The first-order valence-electron chi connectivity index (χ1n) is 7.90. The molecule has 3 rings (SSSR count). The van der Waals surface area contributed by atoms with Gasteiger partial charge in [0.2, 0.25) is 0 Å². The molecule has 3 aromatic rings. The normalized spacial score (nSPS) is 12.0. The van der Waals surface area contributed by atoms with Crippen LogP contribution in [0, 0.1) is 0 Å². The highest BCUT2D eigenvalue weighted by Gasteiger charge is 2.29. The number of rotatable bonds is 6. The predicted octanol–water partition coefficient (Wildman–Crippen LogP) is 6.75. The lowest BCUT2D eigenvalue weighted by Gasteiger charge is -2.41. The summed E-state index contributed by atoms with van der Waals surface area (Å²) in [6.45, 7) is 0. The topological polar surface area (TPSA) is 0 Å². The van der Waals surface area contributed by atoms with E-state index in [0.29, 0.717) is 0 Å². The van der Waals surface area contributed by atoms with Crippen molar-refractivity contribution < 1.29 is 0 Å². The fourth-order valence-corrected chi connectivity index (χ4v) is 7.61. The maximum absolute atomic E-state index is 3.63. The van der Waals surface area contributed by atoms with E-state index in [1.165, 1.54) is 14.7 Å². The van der Waals surface area contributed by atoms with E-state index in [2.05, 4.69) is 107 Å². The van der Waals surface area contributed by atoms with Crippen molar-refractivity contribution in [3.8, 4) is 0 Å². The molecule has 0 bridgehead atoms. The third-order valence-corrected chi connectivity index (χ3v) is 8.71. The monoisotopic (exact) mass is 384 g/mol. The Balaban J connectivity index is 2.25. The van der Waals surface area contributed by atoms with Crippen LogP contribution in [-0.2, 0) is 0 Å². The van der Waals surface area contributed by atoms with Crippen molar-refractivity contribution in [2.24, 2.45) is 0 Å². The van der Waals surface area contributed by atoms with E-state index in [1.54, 1.807) is 0 Å². The van der Waals surface area contributed by atoms with Gasteiger partial charge in [0.15, 0.2) is 0 Å². The first-order valence-corrected chi connectivity index (χ1v) is 10.8. The van der Waals surface area contributed by atoms with Crippen molar-refractivity contribution in [1.82, 2.24) is 0 Å². The first-order chi connectivity index (χ1) is 11.4. The van der Waals surface area contributed by atoms with Gasteiger partial charge in [-0.15, -0.1) is 0 Å². The lowest BCUT2D eigenvalue weighted by atomic mass is 10.4. The average Bonchev–Trinajstić information content (AvgIpc) is 2.65. The van der Waals surface area contributed by atoms with Crippen LogP contribution in [0.15, 0.2) is 106 Å². The van der Waals surface area contributed by atoms with Crippen LogP contribution in [0.4, 0.5) is 0 Å². The molecule has 0 nitrogen and oxygen atoms in total. The maximum atomic E-state index is 3.63. The molecule has 0 spiro atoms. The molecule has 0 unspecified atom stereocenters. The summed E-state index contributed by atoms with van der Waals surface area (Å²) in [7, 11) is -1.22. The molecule has 2 heteroatoms. The van der Waals surface area contributed by atoms with Gasteiger partial charge in [-0.25, -0.2) is 0 Å². The minimum Gasteiger partial charge on any atom is -0.160 e. The lowest BCUT2D eigenvalue weighted by molar-refractivity contribution is 1.10. The number of hydrogen-bond donors (Lipinski definition) is 0. The Morgan fingerprint density at radius 3 is 1.22 bits per heavy atom. The molecule has 0 aliphatic rings. The first kappa shape index (κ1) is 16.4. The number of halogens is 1. The molecule has 0 aliphatic carbocycles. The summed E-state index contributed by atoms with van der Waals surface area (Å²) in [6, 6.07) is 33.1. The Hall–Kier alpha value is -1.51. The van der Waals surface area contributed by atoms with Crippen LogP contribution >= 0.6 is 26.0 Å². The van der Waals surface area contributed by atoms with Crippen molar-refractivity contribution in [2.75, 3.05) is 11.1 Å². The maximum Gasteiger partial charge on any atom is 0.00389 e. The summed E-state index contributed by atoms with van der Waals surface area (Å²) in [5.74, 6) is 1.16. The van der Waals surface area contributed by atoms with Gasteiger partial charge in [-0.3, -0.25) is 0 Å². The van der Waals surface area contributed by atoms with Gasteiger partial charge in [0.05, 0.1) is 0 Å². The van der Waals surface area contributed by atoms with Crippen LogP contribution in [0.3, 0.4) is 0 Å². The van der Waals surface area contributed by atoms with Crippen LogP contribution in [-0.4, -0.2) is 11.1 Å². The number of alkyl halides is 1. The highest BCUT2D eigenvalue weighted by Crippen LogP contribution is 2.68. The van der Waals surface area contributed by atoms with Crippen molar-refractivity contribution in [1.29, 1.82) is 0 Å². The molecule has 0 atom stereocenters. The van der Waals surface area contributed by atoms with Gasteiger partial charge in [0.25, 0.3) is 0 Å². The van der Waals surface area contributed by atoms with E-state index in [1.807, 2.05) is 0 Å². The van der Waals surface area contributed by atoms with E-state index < -0.39 is 10.0 Å². The second kappa shape index (κ2) is 7.85. The smallest absolute Gasteiger partial charge is 0.00389 e. The minimum atomic E-state index is -1.22. The molecule has 0 amide bonds. The summed E-state index contributed by atoms with van der Waals surface area (Å²) in [5.41, 5.74) is 0. The zero-order valence-electron chi connectivity index (χ0n) is 13.1. The number of benzene rings is 3. The quantitative estimate of drug-likeness (QED) is 0.412. The van der Waals surface area contributed by atoms with Gasteiger partial charge in [-0.05, 0) is 63.3 Å². The second-order valence-corrected chi connectivity index (χ2v) is 9.52. The fraction of sp³-hybridized carbons (Fsp3) is 0.143. The van der Waals surface area contributed by atoms with Gasteiger partial charge < -0.3 is 0 Å². The highest BCUT2D eigenvalue weighted by molar-refractivity contribution is 9.09. The van der Waals surface area contributed by atoms with Gasteiger partial charge in [0, 0.05) is 5.33 Å². The Morgan fingerprint density at radius 2 is 0.913 bits per heavy atom. The molecule has 0 heterocycles. The lowest BCUT2D eigenvalue weighted by Crippen LogP contribution is -2.08. The third-order valence-electron chi connectivity index (χ3n) is 4.02. The van der Waals surface area contributed by atoms with E-state index in [4.69, 9.17) is 0 Å². The average molecular weight is 385 g/mol. The van der Waals surface area contributed by atoms with Crippen molar-refractivity contribution >= 4 is 26.0 Å². The van der Waals surface area contributed by atoms with Gasteiger partial charge in [-0.2, -0.15) is 10.0 Å². The van der Waals surface area contributed by atoms with E-state index in [9.17, 15) is 0 Å². The summed E-state index contributed by atoms with van der Waals surface area (Å²) in [6.07, 6.45) is 1.16. The minimum absolute atomic E-state index is 1.04. The summed E-state index contributed by atoms with van der Waals surface area (Å²) in [5, 5.41) is 1.04. The SMILES string of the molecule is BrCCCS(c1ccccc1)(c1ccccc1)c1ccccc1. The number of hydrogen-bond acceptors (Lipinski definition) is 0. The zero-order valence-corrected chi connectivity index (χ0v) is 15.5. The van der Waals surface area contributed by atoms with Gasteiger partial charge >= 0.3 is 0 Å². The molecular formula is C21H21BrS. The standard InChI is InChI=1S/C21H21BrS/c22-17-10-18-23(19-11-4-1-5-12-19,20-13-6-2-7-14-20)21-15-8-3-9-16-21/h1-9,11-16H,10,17-18H2. The molecule has 0 aromatic heterocycles. The molecule has 118 valence electrons. The fourth-order valence-electron chi connectivity index (χ4n) is 2.99. The second-order valence-electron chi connectivity index (χ2n) is 5.43. The van der Waals surface area contributed by atoms with Crippen molar-refractivity contribution in [3.05, 3.63) is 91.0 Å². The van der Waals surface area contributed by atoms with Crippen LogP contribution in [0.5, 0.6) is 0 Å². The molecule has 3 aromatic carbocycles. The van der Waals surface area contributed by atoms with E-state index in [-0.39, 0.29) is 0 Å². The Bertz CT molecular complexity index is 614. The van der Waals surface area contributed by atoms with Crippen LogP contribution in [0.25, 0.3) is 0 Å². The van der Waals surface area contributed by atoms with E-state index >= 15 is 0 Å². The van der Waals surface area contributed by atoms with Crippen LogP contribution < -0.4 is 0 Å².